The van der Waals surface area contributed by atoms with Crippen molar-refractivity contribution in [3.05, 3.63) is 35.4 Å². The minimum absolute atomic E-state index is 0.0895. The van der Waals surface area contributed by atoms with Gasteiger partial charge in [-0.25, -0.2) is 0 Å². The highest BCUT2D eigenvalue weighted by Crippen LogP contribution is 2.18. The Hall–Kier alpha value is -2.21. The van der Waals surface area contributed by atoms with Crippen LogP contribution in [0.3, 0.4) is 0 Å². The highest BCUT2D eigenvalue weighted by Gasteiger charge is 2.30. The van der Waals surface area contributed by atoms with Gasteiger partial charge in [-0.05, 0) is 49.8 Å². The quantitative estimate of drug-likeness (QED) is 0.523. The molecule has 1 saturated heterocycles. The number of hydrogen-bond donors (Lipinski definition) is 1. The second-order valence-corrected chi connectivity index (χ2v) is 5.33. The molecular weight excluding hydrogens is 298 g/mol. The molecule has 0 atom stereocenters. The molecule has 1 aliphatic rings. The number of nitrogens with zero attached hydrogens (tertiary/aromatic N) is 2. The Balaban J connectivity index is 2.27. The van der Waals surface area contributed by atoms with Crippen LogP contribution in [-0.2, 0) is 9.59 Å². The Morgan fingerprint density at radius 3 is 2.32 bits per heavy atom. The predicted octanol–water partition coefficient (Wildman–Crippen LogP) is 1.79. The van der Waals surface area contributed by atoms with E-state index in [9.17, 15) is 9.59 Å². The average Bonchev–Trinajstić information content (AvgIpc) is 2.52. The van der Waals surface area contributed by atoms with E-state index >= 15 is 0 Å². The van der Waals surface area contributed by atoms with E-state index in [4.69, 9.17) is 12.2 Å². The number of carbonyl (C=O) groups is 2. The summed E-state index contributed by atoms with van der Waals surface area (Å²) in [7, 11) is 1.54. The first-order valence-electron chi connectivity index (χ1n) is 7.18. The summed E-state index contributed by atoms with van der Waals surface area (Å²) < 4.78 is 0. The zero-order valence-electron chi connectivity index (χ0n) is 12.9. The summed E-state index contributed by atoms with van der Waals surface area (Å²) in [5.41, 5.74) is 2.01. The molecule has 0 spiro atoms. The lowest BCUT2D eigenvalue weighted by Crippen LogP contribution is -2.52. The van der Waals surface area contributed by atoms with Crippen LogP contribution in [0.2, 0.25) is 0 Å². The normalized spacial score (nSPS) is 17.0. The minimum Gasteiger partial charge on any atom is -0.372 e. The van der Waals surface area contributed by atoms with E-state index in [1.165, 1.54) is 4.90 Å². The zero-order chi connectivity index (χ0) is 16.3. The molecule has 1 aromatic carbocycles. The molecule has 6 heteroatoms. The maximum absolute atomic E-state index is 12.1. The van der Waals surface area contributed by atoms with Crippen molar-refractivity contribution >= 4 is 40.9 Å². The molecule has 0 bridgehead atoms. The van der Waals surface area contributed by atoms with Crippen molar-refractivity contribution in [1.29, 1.82) is 0 Å². The molecule has 0 aliphatic carbocycles. The van der Waals surface area contributed by atoms with E-state index in [1.54, 1.807) is 13.1 Å². The highest BCUT2D eigenvalue weighted by molar-refractivity contribution is 7.80. The van der Waals surface area contributed by atoms with Crippen LogP contribution >= 0.6 is 12.2 Å². The molecule has 1 heterocycles. The van der Waals surface area contributed by atoms with Gasteiger partial charge in [0.05, 0.1) is 0 Å². The van der Waals surface area contributed by atoms with Crippen LogP contribution in [0.5, 0.6) is 0 Å². The van der Waals surface area contributed by atoms with E-state index in [-0.39, 0.29) is 16.6 Å². The smallest absolute Gasteiger partial charge is 0.265 e. The van der Waals surface area contributed by atoms with E-state index in [0.717, 1.165) is 24.3 Å². The van der Waals surface area contributed by atoms with Gasteiger partial charge in [0.2, 0.25) is 0 Å². The predicted molar refractivity (Wildman–Crippen MR) is 91.5 cm³/mol. The van der Waals surface area contributed by atoms with E-state index in [1.807, 2.05) is 24.3 Å². The topological polar surface area (TPSA) is 52.7 Å². The van der Waals surface area contributed by atoms with Gasteiger partial charge in [-0.15, -0.1) is 0 Å². The fourth-order valence-electron chi connectivity index (χ4n) is 2.28. The lowest BCUT2D eigenvalue weighted by Gasteiger charge is -2.25. The molecule has 0 saturated carbocycles. The third-order valence-corrected chi connectivity index (χ3v) is 4.01. The third kappa shape index (κ3) is 3.17. The Kier molecular flexibility index (Phi) is 4.92. The van der Waals surface area contributed by atoms with Crippen molar-refractivity contribution in [2.24, 2.45) is 0 Å². The third-order valence-electron chi connectivity index (χ3n) is 3.64. The van der Waals surface area contributed by atoms with Gasteiger partial charge in [-0.2, -0.15) is 0 Å². The molecule has 2 amide bonds. The molecule has 2 rings (SSSR count). The van der Waals surface area contributed by atoms with Crippen LogP contribution in [0, 0.1) is 0 Å². The summed E-state index contributed by atoms with van der Waals surface area (Å²) in [6.45, 7) is 6.06. The van der Waals surface area contributed by atoms with Crippen LogP contribution in [0.1, 0.15) is 19.4 Å². The summed E-state index contributed by atoms with van der Waals surface area (Å²) in [5.74, 6) is -0.845. The maximum Gasteiger partial charge on any atom is 0.265 e. The SMILES string of the molecule is CCN(CC)c1ccc(/C=C2/C(=O)NC(=S)N(C)C2=O)cc1. The number of amides is 2. The van der Waals surface area contributed by atoms with E-state index in [2.05, 4.69) is 24.1 Å². The molecule has 1 N–H and O–H groups in total. The monoisotopic (exact) mass is 317 g/mol. The number of carbonyl (C=O) groups excluding carboxylic acids is 2. The van der Waals surface area contributed by atoms with Gasteiger partial charge in [-0.3, -0.25) is 19.8 Å². The number of likely N-dealkylation sites (N-methyl/N-ethyl adjacent to an activating group) is 1. The van der Waals surface area contributed by atoms with Crippen molar-refractivity contribution < 1.29 is 9.59 Å². The van der Waals surface area contributed by atoms with E-state index < -0.39 is 5.91 Å². The fourth-order valence-corrected chi connectivity index (χ4v) is 2.46. The second kappa shape index (κ2) is 6.70. The van der Waals surface area contributed by atoms with Crippen molar-refractivity contribution in [2.75, 3.05) is 25.0 Å². The van der Waals surface area contributed by atoms with Crippen LogP contribution < -0.4 is 10.2 Å². The van der Waals surface area contributed by atoms with Crippen LogP contribution in [0.4, 0.5) is 5.69 Å². The van der Waals surface area contributed by atoms with Gasteiger partial charge in [0.25, 0.3) is 11.8 Å². The molecule has 1 aromatic rings. The highest BCUT2D eigenvalue weighted by atomic mass is 32.1. The Morgan fingerprint density at radius 1 is 1.18 bits per heavy atom. The van der Waals surface area contributed by atoms with Crippen LogP contribution in [-0.4, -0.2) is 42.0 Å². The minimum atomic E-state index is -0.457. The van der Waals surface area contributed by atoms with Crippen LogP contribution in [0.25, 0.3) is 6.08 Å². The maximum atomic E-state index is 12.1. The van der Waals surface area contributed by atoms with Gasteiger partial charge < -0.3 is 4.90 Å². The van der Waals surface area contributed by atoms with Gasteiger partial charge in [0, 0.05) is 25.8 Å². The standard InChI is InChI=1S/C16H19N3O2S/c1-4-19(5-2)12-8-6-11(7-9-12)10-13-14(20)17-16(22)18(3)15(13)21/h6-10H,4-5H2,1-3H3,(H,17,20,22)/b13-10-. The Bertz CT molecular complexity index is 633. The van der Waals surface area contributed by atoms with Crippen molar-refractivity contribution in [3.8, 4) is 0 Å². The molecule has 1 fully saturated rings. The van der Waals surface area contributed by atoms with Crippen molar-refractivity contribution in [1.82, 2.24) is 10.2 Å². The molecule has 0 aromatic heterocycles. The molecule has 116 valence electrons. The van der Waals surface area contributed by atoms with Crippen molar-refractivity contribution in [3.63, 3.8) is 0 Å². The molecule has 1 aliphatic heterocycles. The zero-order valence-corrected chi connectivity index (χ0v) is 13.7. The number of rotatable bonds is 4. The van der Waals surface area contributed by atoms with Gasteiger partial charge in [0.15, 0.2) is 5.11 Å². The number of nitrogens with one attached hydrogen (secondary N) is 1. The summed E-state index contributed by atoms with van der Waals surface area (Å²) >= 11 is 4.91. The van der Waals surface area contributed by atoms with Crippen molar-refractivity contribution in [2.45, 2.75) is 13.8 Å². The largest absolute Gasteiger partial charge is 0.372 e. The average molecular weight is 317 g/mol. The number of anilines is 1. The molecule has 22 heavy (non-hydrogen) atoms. The number of hydrogen-bond acceptors (Lipinski definition) is 4. The molecular formula is C16H19N3O2S. The summed E-state index contributed by atoms with van der Waals surface area (Å²) in [4.78, 5) is 27.5. The molecule has 5 nitrogen and oxygen atoms in total. The lowest BCUT2D eigenvalue weighted by molar-refractivity contribution is -0.128. The van der Waals surface area contributed by atoms with Gasteiger partial charge >= 0.3 is 0 Å². The fraction of sp³-hybridized carbons (Fsp3) is 0.312. The van der Waals surface area contributed by atoms with Crippen LogP contribution in [0.15, 0.2) is 29.8 Å². The summed E-state index contributed by atoms with van der Waals surface area (Å²) in [6, 6.07) is 7.76. The van der Waals surface area contributed by atoms with Gasteiger partial charge in [-0.1, -0.05) is 12.1 Å². The first-order valence-corrected chi connectivity index (χ1v) is 7.58. The Labute approximate surface area is 135 Å². The second-order valence-electron chi connectivity index (χ2n) is 4.95. The molecule has 0 unspecified atom stereocenters. The number of benzene rings is 1. The summed E-state index contributed by atoms with van der Waals surface area (Å²) in [6.07, 6.45) is 1.59. The first kappa shape index (κ1) is 16.2. The first-order chi connectivity index (χ1) is 10.5. The lowest BCUT2D eigenvalue weighted by atomic mass is 10.1. The Morgan fingerprint density at radius 2 is 1.77 bits per heavy atom. The molecule has 0 radical (unpaired) electrons. The summed E-state index contributed by atoms with van der Waals surface area (Å²) in [5, 5.41) is 2.63. The number of thiocarbonyl (C=S) groups is 1. The van der Waals surface area contributed by atoms with E-state index in [0.29, 0.717) is 0 Å². The van der Waals surface area contributed by atoms with Gasteiger partial charge in [0.1, 0.15) is 5.57 Å².